The first-order chi connectivity index (χ1) is 13.9. The lowest BCUT2D eigenvalue weighted by atomic mass is 10.1. The fraction of sp³-hybridized carbons (Fsp3) is 0.304. The van der Waals surface area contributed by atoms with Gasteiger partial charge in [-0.3, -0.25) is 0 Å². The van der Waals surface area contributed by atoms with Gasteiger partial charge < -0.3 is 15.4 Å². The van der Waals surface area contributed by atoms with Crippen molar-refractivity contribution in [2.75, 3.05) is 30.3 Å². The third kappa shape index (κ3) is 5.08. The Morgan fingerprint density at radius 3 is 2.32 bits per heavy atom. The van der Waals surface area contributed by atoms with E-state index in [1.54, 1.807) is 0 Å². The van der Waals surface area contributed by atoms with E-state index in [0.717, 1.165) is 62.0 Å². The van der Waals surface area contributed by atoms with Crippen LogP contribution in [0.5, 0.6) is 0 Å². The molecule has 0 aliphatic carbocycles. The molecule has 1 fully saturated rings. The molecule has 0 saturated carbocycles. The van der Waals surface area contributed by atoms with Gasteiger partial charge in [0.15, 0.2) is 5.82 Å². The minimum Gasteiger partial charge on any atom is -0.376 e. The Morgan fingerprint density at radius 2 is 1.61 bits per heavy atom. The molecule has 5 nitrogen and oxygen atoms in total. The van der Waals surface area contributed by atoms with E-state index in [2.05, 4.69) is 34.9 Å². The number of benzene rings is 2. The Labute approximate surface area is 166 Å². The maximum atomic E-state index is 5.71. The van der Waals surface area contributed by atoms with Crippen molar-refractivity contribution in [2.45, 2.75) is 25.4 Å². The molecule has 1 atom stereocenters. The Bertz CT molecular complexity index is 864. The first kappa shape index (κ1) is 18.4. The molecule has 0 spiro atoms. The quantitative estimate of drug-likeness (QED) is 0.612. The number of nitrogens with zero attached hydrogens (tertiary/aromatic N) is 2. The molecule has 2 aromatic carbocycles. The highest BCUT2D eigenvalue weighted by Crippen LogP contribution is 2.21. The second-order valence-electron chi connectivity index (χ2n) is 7.01. The zero-order chi connectivity index (χ0) is 19.0. The largest absolute Gasteiger partial charge is 0.376 e. The molecule has 1 saturated heterocycles. The zero-order valence-corrected chi connectivity index (χ0v) is 16.0. The van der Waals surface area contributed by atoms with Crippen LogP contribution in [0.3, 0.4) is 0 Å². The summed E-state index contributed by atoms with van der Waals surface area (Å²) in [7, 11) is 0. The molecule has 4 rings (SSSR count). The van der Waals surface area contributed by atoms with Gasteiger partial charge in [-0.2, -0.15) is 0 Å². The predicted octanol–water partition coefficient (Wildman–Crippen LogP) is 4.39. The molecule has 2 heterocycles. The summed E-state index contributed by atoms with van der Waals surface area (Å²) >= 11 is 0. The maximum Gasteiger partial charge on any atom is 0.163 e. The number of ether oxygens (including phenoxy) is 1. The molecular formula is C23H26N4O. The molecular weight excluding hydrogens is 348 g/mol. The van der Waals surface area contributed by atoms with Crippen LogP contribution in [-0.4, -0.2) is 35.8 Å². The summed E-state index contributed by atoms with van der Waals surface area (Å²) in [5.41, 5.74) is 2.32. The number of rotatable bonds is 8. The summed E-state index contributed by atoms with van der Waals surface area (Å²) in [4.78, 5) is 9.43. The molecule has 0 bridgehead atoms. The van der Waals surface area contributed by atoms with E-state index in [-0.39, 0.29) is 6.10 Å². The average Bonchev–Trinajstić information content (AvgIpc) is 3.27. The van der Waals surface area contributed by atoms with Gasteiger partial charge >= 0.3 is 0 Å². The van der Waals surface area contributed by atoms with Gasteiger partial charge in [-0.05, 0) is 24.8 Å². The molecule has 1 aromatic heterocycles. The average molecular weight is 374 g/mol. The Morgan fingerprint density at radius 1 is 0.893 bits per heavy atom. The number of hydrogen-bond donors (Lipinski definition) is 2. The number of anilines is 2. The number of hydrogen-bond acceptors (Lipinski definition) is 5. The zero-order valence-electron chi connectivity index (χ0n) is 16.0. The van der Waals surface area contributed by atoms with E-state index in [1.807, 2.05) is 42.5 Å². The lowest BCUT2D eigenvalue weighted by Crippen LogP contribution is -2.19. The van der Waals surface area contributed by atoms with Crippen LogP contribution in [0.25, 0.3) is 11.4 Å². The van der Waals surface area contributed by atoms with Gasteiger partial charge in [0.2, 0.25) is 0 Å². The van der Waals surface area contributed by atoms with Crippen molar-refractivity contribution < 1.29 is 4.74 Å². The van der Waals surface area contributed by atoms with Gasteiger partial charge in [0.1, 0.15) is 11.6 Å². The fourth-order valence-corrected chi connectivity index (χ4v) is 3.35. The molecule has 5 heteroatoms. The van der Waals surface area contributed by atoms with E-state index >= 15 is 0 Å². The highest BCUT2D eigenvalue weighted by atomic mass is 16.5. The van der Waals surface area contributed by atoms with Crippen LogP contribution < -0.4 is 10.6 Å². The molecule has 3 aromatic rings. The summed E-state index contributed by atoms with van der Waals surface area (Å²) in [6, 6.07) is 22.5. The minimum atomic E-state index is 0.268. The van der Waals surface area contributed by atoms with Crippen molar-refractivity contribution in [3.05, 3.63) is 72.3 Å². The number of nitrogens with one attached hydrogen (secondary N) is 2. The molecule has 144 valence electrons. The monoisotopic (exact) mass is 374 g/mol. The Hall–Kier alpha value is -2.92. The molecule has 1 aliphatic heterocycles. The Kier molecular flexibility index (Phi) is 6.15. The smallest absolute Gasteiger partial charge is 0.163 e. The van der Waals surface area contributed by atoms with Gasteiger partial charge in [-0.1, -0.05) is 60.7 Å². The van der Waals surface area contributed by atoms with Crippen LogP contribution in [0.15, 0.2) is 66.7 Å². The third-order valence-corrected chi connectivity index (χ3v) is 4.86. The first-order valence-electron chi connectivity index (χ1n) is 9.94. The van der Waals surface area contributed by atoms with Crippen molar-refractivity contribution in [2.24, 2.45) is 0 Å². The number of aromatic nitrogens is 2. The lowest BCUT2D eigenvalue weighted by Gasteiger charge is -2.14. The lowest BCUT2D eigenvalue weighted by molar-refractivity contribution is 0.120. The highest BCUT2D eigenvalue weighted by Gasteiger charge is 2.15. The summed E-state index contributed by atoms with van der Waals surface area (Å²) in [6.07, 6.45) is 3.46. The molecule has 0 radical (unpaired) electrons. The van der Waals surface area contributed by atoms with E-state index in [9.17, 15) is 0 Å². The van der Waals surface area contributed by atoms with Crippen LogP contribution in [0.1, 0.15) is 18.4 Å². The van der Waals surface area contributed by atoms with Crippen LogP contribution in [0, 0.1) is 0 Å². The van der Waals surface area contributed by atoms with Crippen molar-refractivity contribution in [3.8, 4) is 11.4 Å². The van der Waals surface area contributed by atoms with Gasteiger partial charge in [0.25, 0.3) is 0 Å². The standard InChI is InChI=1S/C23H26N4O/c1-3-8-18(9-4-1)13-14-24-21-16-22(25-17-20-12-7-15-28-20)27-23(26-21)19-10-5-2-6-11-19/h1-6,8-11,16,20H,7,12-15,17H2,(H2,24,25,26,27). The van der Waals surface area contributed by atoms with Gasteiger partial charge in [0, 0.05) is 31.3 Å². The van der Waals surface area contributed by atoms with Crippen LogP contribution in [0.2, 0.25) is 0 Å². The van der Waals surface area contributed by atoms with Gasteiger partial charge in [-0.15, -0.1) is 0 Å². The van der Waals surface area contributed by atoms with Crippen molar-refractivity contribution in [1.82, 2.24) is 9.97 Å². The molecule has 0 amide bonds. The minimum absolute atomic E-state index is 0.268. The molecule has 1 aliphatic rings. The normalized spacial score (nSPS) is 16.1. The summed E-state index contributed by atoms with van der Waals surface area (Å²) in [6.45, 7) is 2.45. The predicted molar refractivity (Wildman–Crippen MR) is 114 cm³/mol. The Balaban J connectivity index is 1.47. The second-order valence-corrected chi connectivity index (χ2v) is 7.01. The first-order valence-corrected chi connectivity index (χ1v) is 9.94. The summed E-state index contributed by atoms with van der Waals surface area (Å²) in [5.74, 6) is 2.38. The van der Waals surface area contributed by atoms with E-state index in [1.165, 1.54) is 5.56 Å². The maximum absolute atomic E-state index is 5.71. The van der Waals surface area contributed by atoms with Crippen LogP contribution in [-0.2, 0) is 11.2 Å². The van der Waals surface area contributed by atoms with Crippen LogP contribution in [0.4, 0.5) is 11.6 Å². The summed E-state index contributed by atoms with van der Waals surface area (Å²) in [5, 5.41) is 6.88. The molecule has 1 unspecified atom stereocenters. The second kappa shape index (κ2) is 9.33. The van der Waals surface area contributed by atoms with Crippen LogP contribution >= 0.6 is 0 Å². The highest BCUT2D eigenvalue weighted by molar-refractivity contribution is 5.61. The molecule has 28 heavy (non-hydrogen) atoms. The molecule has 2 N–H and O–H groups in total. The third-order valence-electron chi connectivity index (χ3n) is 4.86. The van der Waals surface area contributed by atoms with Crippen molar-refractivity contribution >= 4 is 11.6 Å². The van der Waals surface area contributed by atoms with E-state index < -0.39 is 0 Å². The SMILES string of the molecule is c1ccc(CCNc2cc(NCC3CCCO3)nc(-c3ccccc3)n2)cc1. The summed E-state index contributed by atoms with van der Waals surface area (Å²) < 4.78 is 5.71. The van der Waals surface area contributed by atoms with Crippen molar-refractivity contribution in [1.29, 1.82) is 0 Å². The van der Waals surface area contributed by atoms with E-state index in [4.69, 9.17) is 14.7 Å². The van der Waals surface area contributed by atoms with E-state index in [0.29, 0.717) is 0 Å². The topological polar surface area (TPSA) is 59.1 Å². The van der Waals surface area contributed by atoms with Crippen molar-refractivity contribution in [3.63, 3.8) is 0 Å². The van der Waals surface area contributed by atoms with Gasteiger partial charge in [-0.25, -0.2) is 9.97 Å². The van der Waals surface area contributed by atoms with Gasteiger partial charge in [0.05, 0.1) is 6.10 Å². The fourth-order valence-electron chi connectivity index (χ4n) is 3.35.